The molecule has 0 radical (unpaired) electrons. The lowest BCUT2D eigenvalue weighted by Crippen LogP contribution is -2.06. The van der Waals surface area contributed by atoms with Gasteiger partial charge in [-0.3, -0.25) is 10.1 Å². The van der Waals surface area contributed by atoms with Gasteiger partial charge < -0.3 is 13.9 Å². The number of non-ortho nitro benzene ring substituents is 1. The number of rotatable bonds is 7. The number of carbonyl (C=O) groups excluding carboxylic acids is 1. The molecule has 0 aliphatic heterocycles. The molecule has 1 atom stereocenters. The molecule has 0 spiro atoms. The lowest BCUT2D eigenvalue weighted by Gasteiger charge is -2.07. The van der Waals surface area contributed by atoms with Crippen LogP contribution in [0, 0.1) is 15.9 Å². The van der Waals surface area contributed by atoms with E-state index < -0.39 is 22.8 Å². The number of benzene rings is 2. The van der Waals surface area contributed by atoms with E-state index in [1.165, 1.54) is 49.6 Å². The molecule has 1 heterocycles. The van der Waals surface area contributed by atoms with E-state index in [1.54, 1.807) is 13.0 Å². The molecule has 0 aliphatic rings. The van der Waals surface area contributed by atoms with E-state index in [-0.39, 0.29) is 23.2 Å². The Morgan fingerprint density at radius 3 is 2.60 bits per heavy atom. The van der Waals surface area contributed by atoms with E-state index in [1.807, 2.05) is 0 Å². The summed E-state index contributed by atoms with van der Waals surface area (Å²) in [4.78, 5) is 22.2. The summed E-state index contributed by atoms with van der Waals surface area (Å²) in [6.45, 7) is 1.55. The van der Waals surface area contributed by atoms with Gasteiger partial charge in [0.2, 0.25) is 5.89 Å². The van der Waals surface area contributed by atoms with Crippen molar-refractivity contribution in [2.24, 2.45) is 0 Å². The molecule has 0 amide bonds. The van der Waals surface area contributed by atoms with Crippen molar-refractivity contribution in [1.82, 2.24) is 10.2 Å². The summed E-state index contributed by atoms with van der Waals surface area (Å²) in [5.41, 5.74) is 0.875. The minimum Gasteiger partial charge on any atom is -0.494 e. The molecule has 0 aliphatic carbocycles. The van der Waals surface area contributed by atoms with Crippen LogP contribution < -0.4 is 4.74 Å². The Hall–Kier alpha value is -4.08. The third-order valence-corrected chi connectivity index (χ3v) is 3.99. The highest BCUT2D eigenvalue weighted by molar-refractivity contribution is 5.87. The Morgan fingerprint density at radius 2 is 1.97 bits per heavy atom. The van der Waals surface area contributed by atoms with Gasteiger partial charge >= 0.3 is 5.97 Å². The van der Waals surface area contributed by atoms with E-state index in [2.05, 4.69) is 10.2 Å². The SMILES string of the molecule is COc1ccc(/C=C/C(=O)O[C@@H](C)c2nnc(-c3ccc([N+](=O)[O-])cc3)o2)cc1F. The average molecular weight is 413 g/mol. The molecule has 154 valence electrons. The van der Waals surface area contributed by atoms with Gasteiger partial charge in [-0.15, -0.1) is 10.2 Å². The summed E-state index contributed by atoms with van der Waals surface area (Å²) in [5.74, 6) is -0.948. The third-order valence-electron chi connectivity index (χ3n) is 3.99. The Bertz CT molecular complexity index is 1090. The molecule has 10 heteroatoms. The second-order valence-corrected chi connectivity index (χ2v) is 6.06. The fraction of sp³-hybridized carbons (Fsp3) is 0.150. The van der Waals surface area contributed by atoms with Gasteiger partial charge in [-0.2, -0.15) is 0 Å². The quantitative estimate of drug-likeness (QED) is 0.246. The van der Waals surface area contributed by atoms with E-state index in [0.29, 0.717) is 11.1 Å². The molecular weight excluding hydrogens is 397 g/mol. The van der Waals surface area contributed by atoms with Crippen molar-refractivity contribution in [1.29, 1.82) is 0 Å². The molecule has 2 aromatic carbocycles. The van der Waals surface area contributed by atoms with Gasteiger partial charge in [-0.25, -0.2) is 9.18 Å². The minimum absolute atomic E-state index is 0.0561. The van der Waals surface area contributed by atoms with Crippen LogP contribution >= 0.6 is 0 Å². The van der Waals surface area contributed by atoms with Crippen molar-refractivity contribution in [3.8, 4) is 17.2 Å². The predicted octanol–water partition coefficient (Wildman–Crippen LogP) is 4.11. The lowest BCUT2D eigenvalue weighted by molar-refractivity contribution is -0.384. The molecule has 30 heavy (non-hydrogen) atoms. The van der Waals surface area contributed by atoms with Crippen LogP contribution in [0.2, 0.25) is 0 Å². The number of halogens is 1. The molecule has 0 fully saturated rings. The number of methoxy groups -OCH3 is 1. The van der Waals surface area contributed by atoms with Crippen molar-refractivity contribution in [2.45, 2.75) is 13.0 Å². The van der Waals surface area contributed by atoms with Crippen LogP contribution in [0.4, 0.5) is 10.1 Å². The maximum atomic E-state index is 13.7. The first kappa shape index (κ1) is 20.6. The van der Waals surface area contributed by atoms with Gasteiger partial charge in [0.1, 0.15) is 0 Å². The highest BCUT2D eigenvalue weighted by Gasteiger charge is 2.18. The zero-order valence-corrected chi connectivity index (χ0v) is 15.9. The fourth-order valence-corrected chi connectivity index (χ4v) is 2.46. The molecule has 3 aromatic rings. The van der Waals surface area contributed by atoms with Gasteiger partial charge in [0, 0.05) is 23.8 Å². The summed E-state index contributed by atoms with van der Waals surface area (Å²) in [7, 11) is 1.36. The van der Waals surface area contributed by atoms with Crippen molar-refractivity contribution in [2.75, 3.05) is 7.11 Å². The van der Waals surface area contributed by atoms with Crippen molar-refractivity contribution in [3.63, 3.8) is 0 Å². The van der Waals surface area contributed by atoms with Crippen LogP contribution in [-0.2, 0) is 9.53 Å². The monoisotopic (exact) mass is 413 g/mol. The highest BCUT2D eigenvalue weighted by Crippen LogP contribution is 2.24. The smallest absolute Gasteiger partial charge is 0.331 e. The Balaban J connectivity index is 1.63. The molecule has 9 nitrogen and oxygen atoms in total. The van der Waals surface area contributed by atoms with E-state index in [9.17, 15) is 19.3 Å². The number of nitrogens with zero attached hydrogens (tertiary/aromatic N) is 3. The maximum Gasteiger partial charge on any atom is 0.331 e. The fourth-order valence-electron chi connectivity index (χ4n) is 2.46. The zero-order valence-electron chi connectivity index (χ0n) is 15.9. The standard InChI is InChI=1S/C20H16FN3O6/c1-12(29-18(25)10-4-13-3-9-17(28-2)16(21)11-13)19-22-23-20(30-19)14-5-7-15(8-6-14)24(26)27/h3-12H,1-2H3/b10-4+/t12-/m0/s1. The summed E-state index contributed by atoms with van der Waals surface area (Å²) >= 11 is 0. The number of ether oxygens (including phenoxy) is 2. The van der Waals surface area contributed by atoms with Crippen molar-refractivity contribution in [3.05, 3.63) is 75.9 Å². The van der Waals surface area contributed by atoms with Crippen LogP contribution in [0.3, 0.4) is 0 Å². The first-order valence-electron chi connectivity index (χ1n) is 8.68. The van der Waals surface area contributed by atoms with E-state index in [0.717, 1.165) is 6.08 Å². The van der Waals surface area contributed by atoms with E-state index >= 15 is 0 Å². The highest BCUT2D eigenvalue weighted by atomic mass is 19.1. The number of esters is 1. The normalized spacial score (nSPS) is 12.0. The zero-order chi connectivity index (χ0) is 21.7. The molecule has 0 unspecified atom stereocenters. The first-order chi connectivity index (χ1) is 14.4. The second-order valence-electron chi connectivity index (χ2n) is 6.06. The van der Waals surface area contributed by atoms with Gasteiger partial charge in [-0.05, 0) is 42.8 Å². The Morgan fingerprint density at radius 1 is 1.23 bits per heavy atom. The van der Waals surface area contributed by atoms with Crippen LogP contribution in [0.15, 0.2) is 53.0 Å². The first-order valence-corrected chi connectivity index (χ1v) is 8.68. The van der Waals surface area contributed by atoms with E-state index in [4.69, 9.17) is 13.9 Å². The van der Waals surface area contributed by atoms with Gasteiger partial charge in [-0.1, -0.05) is 6.07 Å². The molecule has 0 N–H and O–H groups in total. The maximum absolute atomic E-state index is 13.7. The number of hydrogen-bond acceptors (Lipinski definition) is 8. The average Bonchev–Trinajstić information content (AvgIpc) is 3.23. The lowest BCUT2D eigenvalue weighted by atomic mass is 10.2. The summed E-state index contributed by atoms with van der Waals surface area (Å²) in [6.07, 6.45) is 1.70. The molecule has 0 saturated heterocycles. The van der Waals surface area contributed by atoms with Crippen LogP contribution in [0.5, 0.6) is 5.75 Å². The van der Waals surface area contributed by atoms with Gasteiger partial charge in [0.05, 0.1) is 12.0 Å². The number of aromatic nitrogens is 2. The number of nitro groups is 1. The number of hydrogen-bond donors (Lipinski definition) is 0. The summed E-state index contributed by atoms with van der Waals surface area (Å²) in [6, 6.07) is 9.84. The van der Waals surface area contributed by atoms with Gasteiger partial charge in [0.25, 0.3) is 11.6 Å². The molecule has 0 bridgehead atoms. The van der Waals surface area contributed by atoms with Crippen molar-refractivity contribution >= 4 is 17.7 Å². The topological polar surface area (TPSA) is 118 Å². The summed E-state index contributed by atoms with van der Waals surface area (Å²) < 4.78 is 29.2. The van der Waals surface area contributed by atoms with Crippen LogP contribution in [-0.4, -0.2) is 28.2 Å². The minimum atomic E-state index is -0.839. The van der Waals surface area contributed by atoms with Gasteiger partial charge in [0.15, 0.2) is 17.7 Å². The van der Waals surface area contributed by atoms with Crippen LogP contribution in [0.1, 0.15) is 24.5 Å². The number of nitro benzene ring substituents is 1. The Kier molecular flexibility index (Phi) is 6.16. The third kappa shape index (κ3) is 4.85. The largest absolute Gasteiger partial charge is 0.494 e. The number of carbonyl (C=O) groups is 1. The molecule has 0 saturated carbocycles. The summed E-state index contributed by atoms with van der Waals surface area (Å²) in [5, 5.41) is 18.4. The second kappa shape index (κ2) is 8.95. The molecule has 3 rings (SSSR count). The Labute approximate surface area is 169 Å². The van der Waals surface area contributed by atoms with Crippen molar-refractivity contribution < 1.29 is 28.0 Å². The molecular formula is C20H16FN3O6. The molecule has 1 aromatic heterocycles. The van der Waals surface area contributed by atoms with Crippen LogP contribution in [0.25, 0.3) is 17.5 Å². The predicted molar refractivity (Wildman–Crippen MR) is 103 cm³/mol.